The Morgan fingerprint density at radius 1 is 1.17 bits per heavy atom. The number of hydrogen-bond donors (Lipinski definition) is 0. The second-order valence-corrected chi connectivity index (χ2v) is 9.39. The first-order valence-corrected chi connectivity index (χ1v) is 13.0. The van der Waals surface area contributed by atoms with Crippen LogP contribution in [0.4, 0.5) is 10.1 Å². The lowest BCUT2D eigenvalue weighted by Gasteiger charge is -2.27. The number of nitrogens with zero attached hydrogens (tertiary/aromatic N) is 4. The Bertz CT molecular complexity index is 1440. The molecule has 0 aliphatic heterocycles. The fraction of sp³-hybridized carbons (Fsp3) is 0.200. The number of aryl methyl sites for hydroxylation is 1. The van der Waals surface area contributed by atoms with Crippen LogP contribution < -0.4 is 4.90 Å². The molecular weight excluding hydrogens is 467 g/mol. The summed E-state index contributed by atoms with van der Waals surface area (Å²) in [6, 6.07) is 13.6. The Hall–Kier alpha value is -3.77. The van der Waals surface area contributed by atoms with Crippen LogP contribution in [0.5, 0.6) is 0 Å². The number of hydrogen-bond acceptors (Lipinski definition) is 4. The highest BCUT2D eigenvalue weighted by Crippen LogP contribution is 2.32. The van der Waals surface area contributed by atoms with Crippen LogP contribution >= 0.6 is 11.3 Å². The Kier molecular flexibility index (Phi) is 7.96. The van der Waals surface area contributed by atoms with Gasteiger partial charge in [0.1, 0.15) is 5.65 Å². The van der Waals surface area contributed by atoms with Gasteiger partial charge in [-0.2, -0.15) is 4.39 Å². The molecule has 4 nitrogen and oxygen atoms in total. The summed E-state index contributed by atoms with van der Waals surface area (Å²) in [5, 5.41) is 0.944. The van der Waals surface area contributed by atoms with Crippen molar-refractivity contribution in [3.05, 3.63) is 119 Å². The summed E-state index contributed by atoms with van der Waals surface area (Å²) < 4.78 is 15.8. The number of pyridine rings is 2. The molecule has 4 aromatic rings. The SMILES string of the molecule is C=C(C1=CCC(n2ccc3cccnc32)C=C1)N(/C=C(\C)c1ccc(F)s1)c1ccc(C)nc1.CC. The molecule has 0 aromatic carbocycles. The maximum absolute atomic E-state index is 13.6. The Balaban J connectivity index is 0.00000148. The van der Waals surface area contributed by atoms with Gasteiger partial charge < -0.3 is 9.47 Å². The third-order valence-electron chi connectivity index (χ3n) is 5.99. The lowest BCUT2D eigenvalue weighted by Crippen LogP contribution is -2.18. The number of allylic oxidation sites excluding steroid dienone is 4. The zero-order valence-corrected chi connectivity index (χ0v) is 22.0. The van der Waals surface area contributed by atoms with E-state index in [-0.39, 0.29) is 11.2 Å². The van der Waals surface area contributed by atoms with Gasteiger partial charge in [0, 0.05) is 40.2 Å². The summed E-state index contributed by atoms with van der Waals surface area (Å²) in [4.78, 5) is 11.9. The van der Waals surface area contributed by atoms with Gasteiger partial charge in [0.15, 0.2) is 5.13 Å². The average Bonchev–Trinajstić information content (AvgIpc) is 3.55. The largest absolute Gasteiger partial charge is 0.325 e. The van der Waals surface area contributed by atoms with E-state index in [0.717, 1.165) is 61.9 Å². The molecule has 1 unspecified atom stereocenters. The predicted molar refractivity (Wildman–Crippen MR) is 150 cm³/mol. The summed E-state index contributed by atoms with van der Waals surface area (Å²) in [6.45, 7) is 12.4. The predicted octanol–water partition coefficient (Wildman–Crippen LogP) is 8.48. The van der Waals surface area contributed by atoms with E-state index in [1.54, 1.807) is 6.07 Å². The number of thiophene rings is 1. The molecule has 0 fully saturated rings. The first-order chi connectivity index (χ1) is 17.5. The monoisotopic (exact) mass is 498 g/mol. The van der Waals surface area contributed by atoms with Crippen LogP contribution in [0, 0.1) is 12.1 Å². The highest BCUT2D eigenvalue weighted by molar-refractivity contribution is 7.11. The topological polar surface area (TPSA) is 34.0 Å². The van der Waals surface area contributed by atoms with Crippen LogP contribution in [0.25, 0.3) is 16.6 Å². The summed E-state index contributed by atoms with van der Waals surface area (Å²) in [5.74, 6) is 0. The fourth-order valence-corrected chi connectivity index (χ4v) is 4.81. The first-order valence-electron chi connectivity index (χ1n) is 12.1. The van der Waals surface area contributed by atoms with E-state index >= 15 is 0 Å². The van der Waals surface area contributed by atoms with Crippen LogP contribution in [-0.4, -0.2) is 14.5 Å². The minimum Gasteiger partial charge on any atom is -0.325 e. The third kappa shape index (κ3) is 5.39. The second-order valence-electron chi connectivity index (χ2n) is 8.35. The molecule has 0 amide bonds. The average molecular weight is 499 g/mol. The zero-order chi connectivity index (χ0) is 25.7. The molecule has 0 spiro atoms. The van der Waals surface area contributed by atoms with E-state index in [4.69, 9.17) is 0 Å². The van der Waals surface area contributed by atoms with E-state index in [9.17, 15) is 4.39 Å². The van der Waals surface area contributed by atoms with Crippen molar-refractivity contribution in [2.75, 3.05) is 4.90 Å². The lowest BCUT2D eigenvalue weighted by atomic mass is 10.00. The number of rotatable bonds is 6. The van der Waals surface area contributed by atoms with E-state index in [1.807, 2.05) is 69.4 Å². The van der Waals surface area contributed by atoms with Crippen molar-refractivity contribution in [3.8, 4) is 0 Å². The van der Waals surface area contributed by atoms with E-state index in [0.29, 0.717) is 0 Å². The Morgan fingerprint density at radius 2 is 2.00 bits per heavy atom. The van der Waals surface area contributed by atoms with E-state index in [2.05, 4.69) is 57.7 Å². The standard InChI is InChI=1S/C28H25FN4S.C2H6/c1-19(26-12-13-27(29)34-26)18-33(25-9-6-20(2)31-17-25)21(3)22-7-10-24(11-8-22)32-16-14-23-5-4-15-30-28(23)32;1-2/h4-10,12-18,24H,3,11H2,1-2H3;1-2H3/b19-18+;. The van der Waals surface area contributed by atoms with Crippen molar-refractivity contribution in [2.45, 2.75) is 40.2 Å². The molecule has 1 aliphatic carbocycles. The van der Waals surface area contributed by atoms with Crippen LogP contribution in [0.3, 0.4) is 0 Å². The Labute approximate surface area is 216 Å². The Morgan fingerprint density at radius 3 is 2.67 bits per heavy atom. The molecule has 1 atom stereocenters. The van der Waals surface area contributed by atoms with Gasteiger partial charge in [-0.05, 0) is 73.9 Å². The van der Waals surface area contributed by atoms with Crippen LogP contribution in [0.2, 0.25) is 0 Å². The van der Waals surface area contributed by atoms with Crippen molar-refractivity contribution in [1.82, 2.24) is 14.5 Å². The summed E-state index contributed by atoms with van der Waals surface area (Å²) in [7, 11) is 0. The summed E-state index contributed by atoms with van der Waals surface area (Å²) >= 11 is 1.14. The molecular formula is C30H31FN4S. The van der Waals surface area contributed by atoms with Gasteiger partial charge in [-0.3, -0.25) is 4.98 Å². The van der Waals surface area contributed by atoms with Gasteiger partial charge in [0.05, 0.1) is 17.9 Å². The second kappa shape index (κ2) is 11.3. The van der Waals surface area contributed by atoms with E-state index in [1.165, 1.54) is 6.07 Å². The molecule has 0 saturated carbocycles. The van der Waals surface area contributed by atoms with Crippen molar-refractivity contribution in [3.63, 3.8) is 0 Å². The van der Waals surface area contributed by atoms with Gasteiger partial charge >= 0.3 is 0 Å². The highest BCUT2D eigenvalue weighted by Gasteiger charge is 2.18. The minimum absolute atomic E-state index is 0.193. The molecule has 4 aromatic heterocycles. The van der Waals surface area contributed by atoms with Gasteiger partial charge in [-0.25, -0.2) is 4.98 Å². The van der Waals surface area contributed by atoms with Crippen molar-refractivity contribution >= 4 is 33.6 Å². The molecule has 5 rings (SSSR count). The van der Waals surface area contributed by atoms with Crippen molar-refractivity contribution < 1.29 is 4.39 Å². The fourth-order valence-electron chi connectivity index (χ4n) is 4.12. The maximum atomic E-state index is 13.6. The van der Waals surface area contributed by atoms with Gasteiger partial charge in [-0.15, -0.1) is 11.3 Å². The molecule has 0 bridgehead atoms. The molecule has 36 heavy (non-hydrogen) atoms. The quantitative estimate of drug-likeness (QED) is 0.267. The van der Waals surface area contributed by atoms with E-state index < -0.39 is 0 Å². The molecule has 6 heteroatoms. The summed E-state index contributed by atoms with van der Waals surface area (Å²) in [6.07, 6.45) is 15.1. The highest BCUT2D eigenvalue weighted by atomic mass is 32.1. The lowest BCUT2D eigenvalue weighted by molar-refractivity contribution is 0.622. The zero-order valence-electron chi connectivity index (χ0n) is 21.1. The molecule has 184 valence electrons. The maximum Gasteiger partial charge on any atom is 0.176 e. The number of fused-ring (bicyclic) bond motifs is 1. The minimum atomic E-state index is -0.193. The molecule has 4 heterocycles. The van der Waals surface area contributed by atoms with Crippen LogP contribution in [0.15, 0.2) is 103 Å². The van der Waals surface area contributed by atoms with Crippen molar-refractivity contribution in [2.24, 2.45) is 0 Å². The van der Waals surface area contributed by atoms with Crippen LogP contribution in [0.1, 0.15) is 43.8 Å². The molecule has 0 saturated heterocycles. The number of halogens is 1. The van der Waals surface area contributed by atoms with Crippen molar-refractivity contribution in [1.29, 1.82) is 0 Å². The van der Waals surface area contributed by atoms with Crippen LogP contribution in [-0.2, 0) is 0 Å². The molecule has 0 radical (unpaired) electrons. The van der Waals surface area contributed by atoms with Gasteiger partial charge in [0.25, 0.3) is 0 Å². The number of anilines is 1. The first kappa shape index (κ1) is 25.3. The normalized spacial score (nSPS) is 15.3. The summed E-state index contributed by atoms with van der Waals surface area (Å²) in [5.41, 5.74) is 5.68. The van der Waals surface area contributed by atoms with Gasteiger partial charge in [0.2, 0.25) is 0 Å². The molecule has 1 aliphatic rings. The molecule has 0 N–H and O–H groups in total. The smallest absolute Gasteiger partial charge is 0.176 e. The number of aromatic nitrogens is 3. The van der Waals surface area contributed by atoms with Gasteiger partial charge in [-0.1, -0.05) is 38.7 Å². The third-order valence-corrected chi connectivity index (χ3v) is 7.00.